The summed E-state index contributed by atoms with van der Waals surface area (Å²) in [5, 5.41) is 0. The van der Waals surface area contributed by atoms with Crippen LogP contribution in [0.5, 0.6) is 0 Å². The number of aryl methyl sites for hydroxylation is 1. The lowest BCUT2D eigenvalue weighted by Crippen LogP contribution is -2.43. The number of amides is 1. The second-order valence-corrected chi connectivity index (χ2v) is 4.69. The van der Waals surface area contributed by atoms with E-state index in [0.29, 0.717) is 42.7 Å². The SMILES string of the molecule is Cc1ocnc1C(=O)N1CCOC(c2nccnc2N)C1. The van der Waals surface area contributed by atoms with Gasteiger partial charge >= 0.3 is 0 Å². The van der Waals surface area contributed by atoms with Gasteiger partial charge in [0.1, 0.15) is 23.4 Å². The highest BCUT2D eigenvalue weighted by Crippen LogP contribution is 2.24. The Morgan fingerprint density at radius 2 is 2.19 bits per heavy atom. The quantitative estimate of drug-likeness (QED) is 0.861. The van der Waals surface area contributed by atoms with E-state index in [-0.39, 0.29) is 12.0 Å². The van der Waals surface area contributed by atoms with Gasteiger partial charge in [0.05, 0.1) is 13.2 Å². The molecule has 1 aliphatic rings. The summed E-state index contributed by atoms with van der Waals surface area (Å²) in [5.41, 5.74) is 6.68. The molecule has 0 saturated carbocycles. The Kier molecular flexibility index (Phi) is 3.53. The van der Waals surface area contributed by atoms with Crippen molar-refractivity contribution in [3.05, 3.63) is 35.9 Å². The number of nitrogens with two attached hydrogens (primary N) is 1. The van der Waals surface area contributed by atoms with Crippen LogP contribution in [0.3, 0.4) is 0 Å². The minimum absolute atomic E-state index is 0.183. The van der Waals surface area contributed by atoms with E-state index >= 15 is 0 Å². The molecule has 110 valence electrons. The lowest BCUT2D eigenvalue weighted by atomic mass is 10.2. The molecule has 2 aromatic heterocycles. The minimum Gasteiger partial charge on any atom is -0.448 e. The Bertz CT molecular complexity index is 657. The van der Waals surface area contributed by atoms with Gasteiger partial charge in [0.15, 0.2) is 12.1 Å². The molecule has 1 saturated heterocycles. The first kappa shape index (κ1) is 13.5. The third-order valence-corrected chi connectivity index (χ3v) is 3.36. The Morgan fingerprint density at radius 3 is 2.90 bits per heavy atom. The second-order valence-electron chi connectivity index (χ2n) is 4.69. The number of anilines is 1. The molecule has 2 N–H and O–H groups in total. The van der Waals surface area contributed by atoms with Gasteiger partial charge in [-0.2, -0.15) is 0 Å². The Balaban J connectivity index is 1.79. The van der Waals surface area contributed by atoms with Gasteiger partial charge in [-0.1, -0.05) is 0 Å². The number of oxazole rings is 1. The van der Waals surface area contributed by atoms with E-state index in [1.807, 2.05) is 0 Å². The van der Waals surface area contributed by atoms with Gasteiger partial charge in [0, 0.05) is 18.9 Å². The Morgan fingerprint density at radius 1 is 1.38 bits per heavy atom. The van der Waals surface area contributed by atoms with Crippen molar-refractivity contribution in [3.63, 3.8) is 0 Å². The Labute approximate surface area is 121 Å². The number of carbonyl (C=O) groups excluding carboxylic acids is 1. The van der Waals surface area contributed by atoms with Gasteiger partial charge in [-0.15, -0.1) is 0 Å². The molecule has 0 aromatic carbocycles. The van der Waals surface area contributed by atoms with Gasteiger partial charge in [-0.05, 0) is 6.92 Å². The molecule has 0 radical (unpaired) electrons. The predicted octanol–water partition coefficient (Wildman–Crippen LogP) is 0.569. The first-order chi connectivity index (χ1) is 10.2. The number of aromatic nitrogens is 3. The molecule has 8 nitrogen and oxygen atoms in total. The van der Waals surface area contributed by atoms with Crippen LogP contribution in [0, 0.1) is 6.92 Å². The van der Waals surface area contributed by atoms with E-state index in [9.17, 15) is 4.79 Å². The lowest BCUT2D eigenvalue weighted by Gasteiger charge is -2.32. The minimum atomic E-state index is -0.386. The van der Waals surface area contributed by atoms with Crippen molar-refractivity contribution >= 4 is 11.7 Å². The van der Waals surface area contributed by atoms with Crippen LogP contribution in [-0.4, -0.2) is 45.5 Å². The zero-order chi connectivity index (χ0) is 14.8. The molecule has 2 aromatic rings. The number of nitrogen functional groups attached to an aromatic ring is 1. The van der Waals surface area contributed by atoms with Crippen LogP contribution in [0.1, 0.15) is 28.0 Å². The average molecular weight is 289 g/mol. The standard InChI is InChI=1S/C13H15N5O3/c1-8-10(17-7-21-8)13(19)18-4-5-20-9(6-18)11-12(14)16-3-2-15-11/h2-3,7,9H,4-6H2,1H3,(H2,14,16). The molecule has 1 amide bonds. The highest BCUT2D eigenvalue weighted by molar-refractivity contribution is 5.93. The zero-order valence-electron chi connectivity index (χ0n) is 11.5. The van der Waals surface area contributed by atoms with Crippen molar-refractivity contribution in [2.24, 2.45) is 0 Å². The van der Waals surface area contributed by atoms with Gasteiger partial charge < -0.3 is 19.8 Å². The van der Waals surface area contributed by atoms with Crippen LogP contribution in [0.15, 0.2) is 23.2 Å². The fraction of sp³-hybridized carbons (Fsp3) is 0.385. The molecule has 1 aliphatic heterocycles. The normalized spacial score (nSPS) is 18.7. The molecule has 1 unspecified atom stereocenters. The van der Waals surface area contributed by atoms with Crippen molar-refractivity contribution in [1.82, 2.24) is 19.9 Å². The largest absolute Gasteiger partial charge is 0.448 e. The fourth-order valence-electron chi connectivity index (χ4n) is 2.27. The van der Waals surface area contributed by atoms with Gasteiger partial charge in [0.2, 0.25) is 0 Å². The average Bonchev–Trinajstić information content (AvgIpc) is 2.93. The lowest BCUT2D eigenvalue weighted by molar-refractivity contribution is -0.0247. The maximum Gasteiger partial charge on any atom is 0.276 e. The summed E-state index contributed by atoms with van der Waals surface area (Å²) in [5.74, 6) is 0.633. The molecule has 1 fully saturated rings. The topological polar surface area (TPSA) is 107 Å². The highest BCUT2D eigenvalue weighted by Gasteiger charge is 2.30. The molecule has 1 atom stereocenters. The van der Waals surface area contributed by atoms with Crippen LogP contribution in [-0.2, 0) is 4.74 Å². The summed E-state index contributed by atoms with van der Waals surface area (Å²) >= 11 is 0. The Hall–Kier alpha value is -2.48. The number of ether oxygens (including phenoxy) is 1. The summed E-state index contributed by atoms with van der Waals surface area (Å²) in [6.07, 6.45) is 3.95. The van der Waals surface area contributed by atoms with Crippen molar-refractivity contribution in [2.75, 3.05) is 25.4 Å². The molecule has 3 rings (SSSR count). The highest BCUT2D eigenvalue weighted by atomic mass is 16.5. The van der Waals surface area contributed by atoms with Crippen LogP contribution >= 0.6 is 0 Å². The molecule has 8 heteroatoms. The van der Waals surface area contributed by atoms with E-state index in [2.05, 4.69) is 15.0 Å². The second kappa shape index (κ2) is 5.49. The first-order valence-electron chi connectivity index (χ1n) is 6.54. The molecule has 21 heavy (non-hydrogen) atoms. The van der Waals surface area contributed by atoms with Crippen molar-refractivity contribution in [3.8, 4) is 0 Å². The first-order valence-corrected chi connectivity index (χ1v) is 6.54. The number of carbonyl (C=O) groups is 1. The smallest absolute Gasteiger partial charge is 0.276 e. The van der Waals surface area contributed by atoms with Gasteiger partial charge in [-0.25, -0.2) is 9.97 Å². The van der Waals surface area contributed by atoms with Crippen molar-refractivity contribution < 1.29 is 13.9 Å². The van der Waals surface area contributed by atoms with Gasteiger partial charge in [0.25, 0.3) is 5.91 Å². The van der Waals surface area contributed by atoms with E-state index in [1.54, 1.807) is 18.0 Å². The van der Waals surface area contributed by atoms with Crippen molar-refractivity contribution in [2.45, 2.75) is 13.0 Å². The molecular formula is C13H15N5O3. The van der Waals surface area contributed by atoms with E-state index in [1.165, 1.54) is 12.6 Å². The number of rotatable bonds is 2. The summed E-state index contributed by atoms with van der Waals surface area (Å²) in [4.78, 5) is 26.2. The molecule has 3 heterocycles. The molecule has 0 aliphatic carbocycles. The third-order valence-electron chi connectivity index (χ3n) is 3.36. The zero-order valence-corrected chi connectivity index (χ0v) is 11.5. The monoisotopic (exact) mass is 289 g/mol. The maximum absolute atomic E-state index is 12.4. The molecule has 0 spiro atoms. The number of hydrogen-bond donors (Lipinski definition) is 1. The number of morpholine rings is 1. The van der Waals surface area contributed by atoms with Crippen molar-refractivity contribution in [1.29, 1.82) is 0 Å². The fourth-order valence-corrected chi connectivity index (χ4v) is 2.27. The van der Waals surface area contributed by atoms with Crippen LogP contribution < -0.4 is 5.73 Å². The van der Waals surface area contributed by atoms with Crippen LogP contribution in [0.2, 0.25) is 0 Å². The van der Waals surface area contributed by atoms with Crippen LogP contribution in [0.4, 0.5) is 5.82 Å². The molecular weight excluding hydrogens is 274 g/mol. The molecule has 0 bridgehead atoms. The summed E-state index contributed by atoms with van der Waals surface area (Å²) < 4.78 is 10.7. The van der Waals surface area contributed by atoms with E-state index in [4.69, 9.17) is 14.9 Å². The van der Waals surface area contributed by atoms with E-state index in [0.717, 1.165) is 0 Å². The predicted molar refractivity (Wildman–Crippen MR) is 72.3 cm³/mol. The van der Waals surface area contributed by atoms with Gasteiger partial charge in [-0.3, -0.25) is 9.78 Å². The van der Waals surface area contributed by atoms with E-state index < -0.39 is 0 Å². The summed E-state index contributed by atoms with van der Waals surface area (Å²) in [6, 6.07) is 0. The summed E-state index contributed by atoms with van der Waals surface area (Å²) in [6.45, 7) is 2.96. The maximum atomic E-state index is 12.4. The van der Waals surface area contributed by atoms with Crippen LogP contribution in [0.25, 0.3) is 0 Å². The summed E-state index contributed by atoms with van der Waals surface area (Å²) in [7, 11) is 0. The number of nitrogens with zero attached hydrogens (tertiary/aromatic N) is 4. The third kappa shape index (κ3) is 2.57. The number of hydrogen-bond acceptors (Lipinski definition) is 7.